The molecule has 0 bridgehead atoms. The van der Waals surface area contributed by atoms with Crippen molar-refractivity contribution >= 4 is 11.7 Å². The zero-order valence-corrected chi connectivity index (χ0v) is 19.9. The van der Waals surface area contributed by atoms with Crippen molar-refractivity contribution in [3.8, 4) is 0 Å². The molecule has 0 aliphatic heterocycles. The van der Waals surface area contributed by atoms with Gasteiger partial charge in [0.15, 0.2) is 5.60 Å². The van der Waals surface area contributed by atoms with Crippen LogP contribution in [0.25, 0.3) is 5.53 Å². The van der Waals surface area contributed by atoms with Crippen LogP contribution in [0.2, 0.25) is 0 Å². The number of esters is 1. The summed E-state index contributed by atoms with van der Waals surface area (Å²) >= 11 is 0. The molecule has 180 valence electrons. The van der Waals surface area contributed by atoms with Crippen LogP contribution in [-0.2, 0) is 14.3 Å². The Hall–Kier alpha value is -1.27. The van der Waals surface area contributed by atoms with Gasteiger partial charge in [0.1, 0.15) is 0 Å². The van der Waals surface area contributed by atoms with Gasteiger partial charge in [-0.15, -0.1) is 0 Å². The number of nitrogens with zero attached hydrogens (tertiary/aromatic N) is 2. The highest BCUT2D eigenvalue weighted by molar-refractivity contribution is 6.37. The minimum absolute atomic E-state index is 0.180. The molecular weight excluding hydrogens is 408 g/mol. The lowest BCUT2D eigenvalue weighted by Gasteiger charge is -2.58. The van der Waals surface area contributed by atoms with E-state index in [2.05, 4.69) is 11.7 Å². The normalized spacial score (nSPS) is 45.2. The number of ether oxygens (including phenoxy) is 2. The molecule has 0 aromatic carbocycles. The molecule has 4 saturated carbocycles. The fraction of sp³-hybridized carbons (Fsp3) is 0.920. The Balaban J connectivity index is 1.59. The first-order valence-electron chi connectivity index (χ1n) is 12.6. The molecule has 0 spiro atoms. The van der Waals surface area contributed by atoms with Gasteiger partial charge in [-0.3, -0.25) is 0 Å². The Morgan fingerprint density at radius 2 is 1.78 bits per heavy atom. The van der Waals surface area contributed by atoms with Crippen LogP contribution in [-0.4, -0.2) is 58.2 Å². The van der Waals surface area contributed by atoms with Crippen LogP contribution in [0.1, 0.15) is 78.1 Å². The number of carbonyl (C=O) groups excluding carboxylic acids is 1. The van der Waals surface area contributed by atoms with Crippen LogP contribution in [0.15, 0.2) is 0 Å². The number of aliphatic hydroxyl groups is 2. The third kappa shape index (κ3) is 3.48. The number of fused-ring (bicyclic) bond motifs is 5. The Bertz CT molecular complexity index is 782. The molecule has 7 nitrogen and oxygen atoms in total. The van der Waals surface area contributed by atoms with Crippen LogP contribution in [0.4, 0.5) is 0 Å². The standard InChI is InChI=1S/C25H40N2O5/c1-4-24-12-9-18-17-8-11-23(29,15-31-3)14-16(17)6-7-19(18)20(24)10-13-25(24,30)21(27-26)22(28)32-5-2/h16-20,29-30H,4-15H2,1-3H3/t16-,17+,18-,19-,20+,23-,24+,25?/m1/s1. The monoisotopic (exact) mass is 448 g/mol. The highest BCUT2D eigenvalue weighted by Gasteiger charge is 2.70. The first-order valence-corrected chi connectivity index (χ1v) is 12.6. The molecule has 0 heterocycles. The summed E-state index contributed by atoms with van der Waals surface area (Å²) in [5.74, 6) is 1.86. The number of hydrogen-bond donors (Lipinski definition) is 2. The zero-order valence-electron chi connectivity index (χ0n) is 19.9. The molecule has 7 heteroatoms. The highest BCUT2D eigenvalue weighted by Crippen LogP contribution is 2.67. The van der Waals surface area contributed by atoms with Gasteiger partial charge >= 0.3 is 11.7 Å². The van der Waals surface area contributed by atoms with Crippen molar-refractivity contribution in [3.05, 3.63) is 5.53 Å². The second-order valence-corrected chi connectivity index (χ2v) is 11.0. The molecule has 32 heavy (non-hydrogen) atoms. The van der Waals surface area contributed by atoms with E-state index in [0.717, 1.165) is 57.8 Å². The van der Waals surface area contributed by atoms with E-state index in [4.69, 9.17) is 9.47 Å². The Kier molecular flexibility index (Phi) is 6.58. The topological polar surface area (TPSA) is 112 Å². The minimum Gasteiger partial charge on any atom is -0.457 e. The number of hydrogen-bond acceptors (Lipinski definition) is 5. The number of rotatable bonds is 6. The quantitative estimate of drug-likeness (QED) is 0.280. The number of methoxy groups -OCH3 is 1. The Labute approximate surface area is 191 Å². The smallest absolute Gasteiger partial charge is 0.420 e. The maximum atomic E-state index is 12.6. The van der Waals surface area contributed by atoms with Crippen molar-refractivity contribution < 1.29 is 29.3 Å². The fourth-order valence-electron chi connectivity index (χ4n) is 8.77. The molecular formula is C25H40N2O5. The SMILES string of the molecule is CCOC(=O)C(=[N+]=[N-])C1(O)CC[C@H]2[C@@H]3CC[C@@H]4C[C@@](O)(COC)CC[C@@H]4[C@H]3CC[C@@]21CC. The van der Waals surface area contributed by atoms with Crippen LogP contribution >= 0.6 is 0 Å². The van der Waals surface area contributed by atoms with Gasteiger partial charge in [-0.05, 0) is 101 Å². The molecule has 4 fully saturated rings. The van der Waals surface area contributed by atoms with Gasteiger partial charge in [0, 0.05) is 12.5 Å². The second kappa shape index (κ2) is 8.83. The van der Waals surface area contributed by atoms with Gasteiger partial charge in [-0.1, -0.05) is 6.92 Å². The predicted molar refractivity (Wildman–Crippen MR) is 119 cm³/mol. The van der Waals surface area contributed by atoms with Crippen molar-refractivity contribution in [1.29, 1.82) is 0 Å². The molecule has 2 N–H and O–H groups in total. The second-order valence-electron chi connectivity index (χ2n) is 11.0. The molecule has 8 atom stereocenters. The number of carbonyl (C=O) groups is 1. The predicted octanol–water partition coefficient (Wildman–Crippen LogP) is 3.37. The van der Waals surface area contributed by atoms with Crippen molar-refractivity contribution in [2.75, 3.05) is 20.3 Å². The lowest BCUT2D eigenvalue weighted by molar-refractivity contribution is -0.159. The lowest BCUT2D eigenvalue weighted by Crippen LogP contribution is -2.60. The first kappa shape index (κ1) is 23.9. The van der Waals surface area contributed by atoms with Crippen LogP contribution < -0.4 is 0 Å². The maximum absolute atomic E-state index is 12.6. The average Bonchev–Trinajstić information content (AvgIpc) is 3.07. The third-order valence-electron chi connectivity index (χ3n) is 9.96. The van der Waals surface area contributed by atoms with Gasteiger partial charge in [0.25, 0.3) is 0 Å². The third-order valence-corrected chi connectivity index (χ3v) is 9.96. The molecule has 4 aliphatic rings. The molecule has 0 saturated heterocycles. The minimum atomic E-state index is -1.44. The van der Waals surface area contributed by atoms with E-state index < -0.39 is 22.6 Å². The summed E-state index contributed by atoms with van der Waals surface area (Å²) in [5, 5.41) is 22.9. The van der Waals surface area contributed by atoms with Crippen LogP contribution in [0.3, 0.4) is 0 Å². The first-order chi connectivity index (χ1) is 15.3. The summed E-state index contributed by atoms with van der Waals surface area (Å²) in [6, 6.07) is 0. The van der Waals surface area contributed by atoms with Gasteiger partial charge < -0.3 is 25.2 Å². The summed E-state index contributed by atoms with van der Waals surface area (Å²) in [7, 11) is 1.66. The van der Waals surface area contributed by atoms with Gasteiger partial charge in [0.2, 0.25) is 0 Å². The molecule has 4 rings (SSSR count). The van der Waals surface area contributed by atoms with E-state index in [-0.39, 0.29) is 12.3 Å². The maximum Gasteiger partial charge on any atom is 0.420 e. The summed E-state index contributed by atoms with van der Waals surface area (Å²) < 4.78 is 10.4. The van der Waals surface area contributed by atoms with Gasteiger partial charge in [-0.25, -0.2) is 4.79 Å². The molecule has 1 unspecified atom stereocenters. The van der Waals surface area contributed by atoms with Gasteiger partial charge in [-0.2, -0.15) is 4.79 Å². The van der Waals surface area contributed by atoms with Crippen molar-refractivity contribution in [2.45, 2.75) is 89.3 Å². The average molecular weight is 449 g/mol. The van der Waals surface area contributed by atoms with Crippen LogP contribution in [0, 0.1) is 35.0 Å². The summed E-state index contributed by atoms with van der Waals surface area (Å²) in [6.45, 7) is 4.40. The van der Waals surface area contributed by atoms with E-state index in [9.17, 15) is 20.5 Å². The van der Waals surface area contributed by atoms with Crippen LogP contribution in [0.5, 0.6) is 0 Å². The summed E-state index contributed by atoms with van der Waals surface area (Å²) in [5.41, 5.74) is 6.92. The molecule has 0 aromatic rings. The van der Waals surface area contributed by atoms with E-state index in [1.165, 1.54) is 0 Å². The van der Waals surface area contributed by atoms with E-state index in [1.54, 1.807) is 14.0 Å². The molecule has 0 aromatic heterocycles. The van der Waals surface area contributed by atoms with Crippen molar-refractivity contribution in [2.24, 2.45) is 35.0 Å². The molecule has 0 amide bonds. The zero-order chi connectivity index (χ0) is 23.1. The van der Waals surface area contributed by atoms with Crippen molar-refractivity contribution in [3.63, 3.8) is 0 Å². The largest absolute Gasteiger partial charge is 0.457 e. The van der Waals surface area contributed by atoms with E-state index >= 15 is 0 Å². The Morgan fingerprint density at radius 3 is 2.44 bits per heavy atom. The van der Waals surface area contributed by atoms with E-state index in [1.807, 2.05) is 0 Å². The summed E-state index contributed by atoms with van der Waals surface area (Å²) in [6.07, 6.45) is 8.73. The van der Waals surface area contributed by atoms with Crippen molar-refractivity contribution in [1.82, 2.24) is 0 Å². The molecule has 4 aliphatic carbocycles. The van der Waals surface area contributed by atoms with E-state index in [0.29, 0.717) is 42.6 Å². The lowest BCUT2D eigenvalue weighted by atomic mass is 9.47. The fourth-order valence-corrected chi connectivity index (χ4v) is 8.77. The highest BCUT2D eigenvalue weighted by atomic mass is 16.5. The Morgan fingerprint density at radius 1 is 1.03 bits per heavy atom. The van der Waals surface area contributed by atoms with Gasteiger partial charge in [0.05, 0.1) is 18.8 Å². The molecule has 0 radical (unpaired) electrons. The summed E-state index contributed by atoms with van der Waals surface area (Å²) in [4.78, 5) is 15.9.